The Morgan fingerprint density at radius 1 is 1.64 bits per heavy atom. The van der Waals surface area contributed by atoms with Crippen molar-refractivity contribution in [3.05, 3.63) is 32.6 Å². The van der Waals surface area contributed by atoms with Crippen molar-refractivity contribution in [2.75, 3.05) is 7.11 Å². The minimum absolute atomic E-state index is 0.0972. The van der Waals surface area contributed by atoms with Crippen LogP contribution in [0.2, 0.25) is 0 Å². The summed E-state index contributed by atoms with van der Waals surface area (Å²) >= 11 is 1.29. The molecule has 0 aliphatic carbocycles. The molecule has 1 heterocycles. The Labute approximate surface area is 67.2 Å². The standard InChI is InChI=1S/C7H6O3S/c1-10-7(9)5-4-11-3-2-6(5)8/h2-4H,1H3. The maximum Gasteiger partial charge on any atom is 0.342 e. The van der Waals surface area contributed by atoms with Crippen molar-refractivity contribution < 1.29 is 9.53 Å². The highest BCUT2D eigenvalue weighted by molar-refractivity contribution is 7.07. The van der Waals surface area contributed by atoms with Gasteiger partial charge in [0.15, 0.2) is 5.43 Å². The molecule has 0 spiro atoms. The van der Waals surface area contributed by atoms with Crippen LogP contribution in [0, 0.1) is 0 Å². The molecule has 11 heavy (non-hydrogen) atoms. The molecule has 58 valence electrons. The van der Waals surface area contributed by atoms with Gasteiger partial charge in [-0.15, -0.1) is 0 Å². The second kappa shape index (κ2) is 3.30. The fraction of sp³-hybridized carbons (Fsp3) is 0.143. The highest BCUT2D eigenvalue weighted by atomic mass is 32.1. The van der Waals surface area contributed by atoms with Gasteiger partial charge in [0.05, 0.1) is 7.11 Å². The zero-order valence-corrected chi connectivity index (χ0v) is 6.68. The van der Waals surface area contributed by atoms with Gasteiger partial charge in [-0.3, -0.25) is 4.79 Å². The first-order valence-electron chi connectivity index (χ1n) is 2.90. The van der Waals surface area contributed by atoms with E-state index in [1.165, 1.54) is 29.9 Å². The second-order valence-corrected chi connectivity index (χ2v) is 2.61. The largest absolute Gasteiger partial charge is 0.465 e. The summed E-state index contributed by atoms with van der Waals surface area (Å²) in [6.07, 6.45) is 0. The van der Waals surface area contributed by atoms with Gasteiger partial charge in [-0.1, -0.05) is 0 Å². The fourth-order valence-corrected chi connectivity index (χ4v) is 1.24. The normalized spacial score (nSPS) is 9.18. The number of hydrogen-bond donors (Lipinski definition) is 0. The SMILES string of the molecule is COC(=O)c1csccc1=O. The molecule has 0 amide bonds. The molecule has 1 rings (SSSR count). The van der Waals surface area contributed by atoms with Crippen LogP contribution in [0.5, 0.6) is 0 Å². The zero-order chi connectivity index (χ0) is 8.27. The fourth-order valence-electron chi connectivity index (χ4n) is 0.615. The number of rotatable bonds is 1. The average Bonchev–Trinajstić information content (AvgIpc) is 2.04. The molecule has 0 atom stereocenters. The van der Waals surface area contributed by atoms with E-state index in [0.29, 0.717) is 0 Å². The summed E-state index contributed by atoms with van der Waals surface area (Å²) < 4.78 is 4.38. The Kier molecular flexibility index (Phi) is 2.38. The van der Waals surface area contributed by atoms with Gasteiger partial charge < -0.3 is 4.74 Å². The molecule has 4 heteroatoms. The molecule has 1 aromatic heterocycles. The van der Waals surface area contributed by atoms with Gasteiger partial charge in [0.25, 0.3) is 0 Å². The third-order valence-corrected chi connectivity index (χ3v) is 1.82. The predicted molar refractivity (Wildman–Crippen MR) is 41.9 cm³/mol. The highest BCUT2D eigenvalue weighted by Gasteiger charge is 2.07. The first-order valence-corrected chi connectivity index (χ1v) is 3.85. The van der Waals surface area contributed by atoms with Gasteiger partial charge >= 0.3 is 5.97 Å². The summed E-state index contributed by atoms with van der Waals surface area (Å²) in [6, 6.07) is 1.34. The summed E-state index contributed by atoms with van der Waals surface area (Å²) in [4.78, 5) is 21.7. The number of hydrogen-bond acceptors (Lipinski definition) is 4. The minimum Gasteiger partial charge on any atom is -0.465 e. The Bertz CT molecular complexity index is 315. The molecule has 0 aromatic carbocycles. The Morgan fingerprint density at radius 3 is 2.91 bits per heavy atom. The summed E-state index contributed by atoms with van der Waals surface area (Å²) in [7, 11) is 1.25. The van der Waals surface area contributed by atoms with Crippen molar-refractivity contribution in [1.29, 1.82) is 0 Å². The van der Waals surface area contributed by atoms with Crippen LogP contribution < -0.4 is 5.43 Å². The first kappa shape index (κ1) is 7.94. The van der Waals surface area contributed by atoms with Crippen LogP contribution in [-0.4, -0.2) is 13.1 Å². The van der Waals surface area contributed by atoms with Gasteiger partial charge in [-0.25, -0.2) is 4.79 Å². The molecular weight excluding hydrogens is 164 g/mol. The molecule has 0 radical (unpaired) electrons. The van der Waals surface area contributed by atoms with E-state index in [4.69, 9.17) is 0 Å². The van der Waals surface area contributed by atoms with Crippen LogP contribution in [0.4, 0.5) is 0 Å². The van der Waals surface area contributed by atoms with E-state index < -0.39 is 5.97 Å². The smallest absolute Gasteiger partial charge is 0.342 e. The maximum absolute atomic E-state index is 10.9. The van der Waals surface area contributed by atoms with Gasteiger partial charge in [-0.05, 0) is 11.4 Å². The van der Waals surface area contributed by atoms with Crippen LogP contribution in [0.3, 0.4) is 0 Å². The number of ether oxygens (including phenoxy) is 1. The van der Waals surface area contributed by atoms with E-state index >= 15 is 0 Å². The third-order valence-electron chi connectivity index (χ3n) is 1.15. The Hall–Kier alpha value is -1.16. The Morgan fingerprint density at radius 2 is 2.36 bits per heavy atom. The van der Waals surface area contributed by atoms with Gasteiger partial charge in [0.2, 0.25) is 0 Å². The molecule has 0 fully saturated rings. The summed E-state index contributed by atoms with van der Waals surface area (Å²) in [6.45, 7) is 0. The highest BCUT2D eigenvalue weighted by Crippen LogP contribution is 1.98. The molecule has 0 unspecified atom stereocenters. The van der Waals surface area contributed by atoms with Crippen molar-refractivity contribution in [2.24, 2.45) is 0 Å². The molecule has 0 aliphatic rings. The van der Waals surface area contributed by atoms with Gasteiger partial charge in [0, 0.05) is 5.38 Å². The van der Waals surface area contributed by atoms with Crippen LogP contribution in [0.1, 0.15) is 10.4 Å². The van der Waals surface area contributed by atoms with E-state index in [9.17, 15) is 9.59 Å². The van der Waals surface area contributed by atoms with Crippen LogP contribution in [-0.2, 0) is 4.74 Å². The van der Waals surface area contributed by atoms with E-state index in [0.717, 1.165) is 0 Å². The number of carbonyl (C=O) groups is 1. The van der Waals surface area contributed by atoms with E-state index in [2.05, 4.69) is 4.74 Å². The lowest BCUT2D eigenvalue weighted by molar-refractivity contribution is 0.0599. The predicted octanol–water partition coefficient (Wildman–Crippen LogP) is 0.895. The topological polar surface area (TPSA) is 43.4 Å². The molecule has 0 aliphatic heterocycles. The molecule has 0 saturated heterocycles. The van der Waals surface area contributed by atoms with E-state index in [1.54, 1.807) is 5.38 Å². The van der Waals surface area contributed by atoms with Gasteiger partial charge in [0.1, 0.15) is 5.56 Å². The van der Waals surface area contributed by atoms with Crippen LogP contribution >= 0.6 is 11.3 Å². The molecular formula is C7H6O3S. The molecule has 0 N–H and O–H groups in total. The molecule has 0 bridgehead atoms. The van der Waals surface area contributed by atoms with Crippen LogP contribution in [0.15, 0.2) is 21.6 Å². The minimum atomic E-state index is -0.577. The average molecular weight is 170 g/mol. The third kappa shape index (κ3) is 1.65. The summed E-state index contributed by atoms with van der Waals surface area (Å²) in [5.74, 6) is -0.577. The van der Waals surface area contributed by atoms with E-state index in [-0.39, 0.29) is 11.0 Å². The lowest BCUT2D eigenvalue weighted by Crippen LogP contribution is -2.13. The molecule has 0 saturated carbocycles. The monoisotopic (exact) mass is 170 g/mol. The quantitative estimate of drug-likeness (QED) is 0.588. The van der Waals surface area contributed by atoms with Crippen molar-refractivity contribution in [2.45, 2.75) is 0 Å². The van der Waals surface area contributed by atoms with Crippen molar-refractivity contribution in [3.63, 3.8) is 0 Å². The maximum atomic E-state index is 10.9. The van der Waals surface area contributed by atoms with Crippen LogP contribution in [0.25, 0.3) is 0 Å². The van der Waals surface area contributed by atoms with Gasteiger partial charge in [-0.2, -0.15) is 11.3 Å². The Balaban J connectivity index is 3.14. The lowest BCUT2D eigenvalue weighted by Gasteiger charge is -1.94. The molecule has 1 aromatic rings. The van der Waals surface area contributed by atoms with Crippen molar-refractivity contribution in [1.82, 2.24) is 0 Å². The zero-order valence-electron chi connectivity index (χ0n) is 5.87. The van der Waals surface area contributed by atoms with Crippen molar-refractivity contribution >= 4 is 17.3 Å². The number of methoxy groups -OCH3 is 1. The second-order valence-electron chi connectivity index (χ2n) is 1.83. The van der Waals surface area contributed by atoms with Crippen molar-refractivity contribution in [3.8, 4) is 0 Å². The lowest BCUT2D eigenvalue weighted by atomic mass is 10.3. The van der Waals surface area contributed by atoms with E-state index in [1.807, 2.05) is 0 Å². The summed E-state index contributed by atoms with van der Waals surface area (Å²) in [5, 5.41) is 3.10. The number of esters is 1. The molecule has 3 nitrogen and oxygen atoms in total. The number of carbonyl (C=O) groups excluding carboxylic acids is 1. The summed E-state index contributed by atoms with van der Waals surface area (Å²) in [5.41, 5.74) is -0.199. The first-order chi connectivity index (χ1) is 5.25.